The van der Waals surface area contributed by atoms with E-state index in [9.17, 15) is 0 Å². The van der Waals surface area contributed by atoms with E-state index in [2.05, 4.69) is 27.1 Å². The summed E-state index contributed by atoms with van der Waals surface area (Å²) in [6.07, 6.45) is 6.83. The van der Waals surface area contributed by atoms with E-state index in [4.69, 9.17) is 9.73 Å². The third kappa shape index (κ3) is 7.30. The number of aliphatic imine (C=N–C) groups is 1. The highest BCUT2D eigenvalue weighted by atomic mass is 127. The van der Waals surface area contributed by atoms with Crippen molar-refractivity contribution in [1.82, 2.24) is 25.4 Å². The van der Waals surface area contributed by atoms with Crippen LogP contribution in [0.1, 0.15) is 37.3 Å². The number of rotatable bonds is 8. The van der Waals surface area contributed by atoms with Gasteiger partial charge in [-0.1, -0.05) is 0 Å². The zero-order valence-corrected chi connectivity index (χ0v) is 18.8. The number of halogens is 1. The number of thioether (sulfide) groups is 1. The molecule has 0 aliphatic heterocycles. The summed E-state index contributed by atoms with van der Waals surface area (Å²) in [5.41, 5.74) is 0. The van der Waals surface area contributed by atoms with Crippen LogP contribution in [-0.2, 0) is 18.3 Å². The second kappa shape index (κ2) is 11.9. The first-order valence-corrected chi connectivity index (χ1v) is 9.84. The maximum atomic E-state index is 5.11. The van der Waals surface area contributed by atoms with E-state index in [1.807, 2.05) is 30.3 Å². The lowest BCUT2D eigenvalue weighted by Gasteiger charge is -2.18. The van der Waals surface area contributed by atoms with Crippen molar-refractivity contribution in [2.24, 2.45) is 12.0 Å². The van der Waals surface area contributed by atoms with Crippen molar-refractivity contribution in [3.05, 3.63) is 11.6 Å². The van der Waals surface area contributed by atoms with Crippen molar-refractivity contribution >= 4 is 41.7 Å². The Bertz CT molecular complexity index is 539. The van der Waals surface area contributed by atoms with Crippen LogP contribution in [-0.4, -0.2) is 58.5 Å². The van der Waals surface area contributed by atoms with E-state index in [0.717, 1.165) is 42.4 Å². The molecule has 1 aliphatic carbocycles. The molecule has 1 saturated carbocycles. The second-order valence-corrected chi connectivity index (χ2v) is 7.31. The predicted octanol–water partition coefficient (Wildman–Crippen LogP) is 2.10. The van der Waals surface area contributed by atoms with Gasteiger partial charge < -0.3 is 19.9 Å². The van der Waals surface area contributed by atoms with Gasteiger partial charge in [0.1, 0.15) is 12.4 Å². The number of aromatic nitrogens is 3. The third-order valence-corrected chi connectivity index (χ3v) is 5.53. The van der Waals surface area contributed by atoms with E-state index in [0.29, 0.717) is 12.6 Å². The topological polar surface area (TPSA) is 76.4 Å². The molecule has 2 unspecified atom stereocenters. The van der Waals surface area contributed by atoms with Gasteiger partial charge in [-0.25, -0.2) is 4.99 Å². The van der Waals surface area contributed by atoms with Gasteiger partial charge in [0.15, 0.2) is 11.8 Å². The van der Waals surface area contributed by atoms with Gasteiger partial charge in [-0.15, -0.1) is 34.2 Å². The molecule has 0 saturated heterocycles. The lowest BCUT2D eigenvalue weighted by Crippen LogP contribution is -2.43. The van der Waals surface area contributed by atoms with Gasteiger partial charge in [0, 0.05) is 38.6 Å². The number of methoxy groups -OCH3 is 1. The van der Waals surface area contributed by atoms with E-state index < -0.39 is 0 Å². The maximum Gasteiger partial charge on any atom is 0.191 e. The SMILES string of the molecule is COCCCNC(=NCc1nnc(C)n1C)NC1CCC(SC)C1.I. The van der Waals surface area contributed by atoms with Gasteiger partial charge in [-0.05, 0) is 38.9 Å². The second-order valence-electron chi connectivity index (χ2n) is 6.17. The summed E-state index contributed by atoms with van der Waals surface area (Å²) < 4.78 is 7.09. The number of hydrogen-bond acceptors (Lipinski definition) is 5. The Morgan fingerprint density at radius 2 is 2.20 bits per heavy atom. The predicted molar refractivity (Wildman–Crippen MR) is 115 cm³/mol. The number of hydrogen-bond donors (Lipinski definition) is 2. The minimum absolute atomic E-state index is 0. The summed E-state index contributed by atoms with van der Waals surface area (Å²) in [7, 11) is 3.70. The summed E-state index contributed by atoms with van der Waals surface area (Å²) in [4.78, 5) is 4.70. The quantitative estimate of drug-likeness (QED) is 0.256. The monoisotopic (exact) mass is 482 g/mol. The van der Waals surface area contributed by atoms with Crippen LogP contribution < -0.4 is 10.6 Å². The number of aryl methyl sites for hydroxylation is 1. The molecule has 1 aliphatic rings. The molecule has 9 heteroatoms. The van der Waals surface area contributed by atoms with Crippen LogP contribution in [0.2, 0.25) is 0 Å². The zero-order chi connectivity index (χ0) is 17.4. The van der Waals surface area contributed by atoms with Gasteiger partial charge in [0.05, 0.1) is 0 Å². The van der Waals surface area contributed by atoms with E-state index in [1.165, 1.54) is 19.3 Å². The molecule has 7 nitrogen and oxygen atoms in total. The van der Waals surface area contributed by atoms with Gasteiger partial charge in [0.25, 0.3) is 0 Å². The molecule has 1 fully saturated rings. The van der Waals surface area contributed by atoms with Crippen molar-refractivity contribution < 1.29 is 4.74 Å². The molecule has 0 amide bonds. The van der Waals surface area contributed by atoms with Crippen molar-refractivity contribution in [3.8, 4) is 0 Å². The molecular weight excluding hydrogens is 451 g/mol. The Balaban J connectivity index is 0.00000312. The lowest BCUT2D eigenvalue weighted by atomic mass is 10.2. The first-order valence-electron chi connectivity index (χ1n) is 8.55. The molecule has 2 N–H and O–H groups in total. The smallest absolute Gasteiger partial charge is 0.191 e. The fraction of sp³-hybridized carbons (Fsp3) is 0.812. The summed E-state index contributed by atoms with van der Waals surface area (Å²) in [5.74, 6) is 2.64. The molecule has 1 aromatic heterocycles. The Morgan fingerprint density at radius 3 is 2.80 bits per heavy atom. The standard InChI is InChI=1S/C16H30N6OS.HI/c1-12-20-21-15(22(12)2)11-18-16(17-8-5-9-23-3)19-13-6-7-14(10-13)24-4;/h13-14H,5-11H2,1-4H3,(H2,17,18,19);1H. The van der Waals surface area contributed by atoms with Crippen LogP contribution >= 0.6 is 35.7 Å². The molecule has 2 rings (SSSR count). The highest BCUT2D eigenvalue weighted by molar-refractivity contribution is 14.0. The van der Waals surface area contributed by atoms with E-state index in [1.54, 1.807) is 7.11 Å². The van der Waals surface area contributed by atoms with E-state index in [-0.39, 0.29) is 24.0 Å². The Labute approximate surface area is 172 Å². The highest BCUT2D eigenvalue weighted by Gasteiger charge is 2.24. The molecule has 144 valence electrons. The van der Waals surface area contributed by atoms with Crippen molar-refractivity contribution in [2.45, 2.75) is 50.4 Å². The fourth-order valence-electron chi connectivity index (χ4n) is 2.79. The van der Waals surface area contributed by atoms with Crippen LogP contribution in [0.4, 0.5) is 0 Å². The highest BCUT2D eigenvalue weighted by Crippen LogP contribution is 2.28. The van der Waals surface area contributed by atoms with Gasteiger partial charge in [-0.2, -0.15) is 11.8 Å². The molecule has 0 aromatic carbocycles. The van der Waals surface area contributed by atoms with Crippen molar-refractivity contribution in [1.29, 1.82) is 0 Å². The molecule has 1 aromatic rings. The number of nitrogens with zero attached hydrogens (tertiary/aromatic N) is 4. The minimum Gasteiger partial charge on any atom is -0.385 e. The molecule has 0 spiro atoms. The minimum atomic E-state index is 0. The van der Waals surface area contributed by atoms with Gasteiger partial charge in [-0.3, -0.25) is 0 Å². The van der Waals surface area contributed by atoms with Crippen LogP contribution in [0.15, 0.2) is 4.99 Å². The Hall–Kier alpha value is -0.550. The summed E-state index contributed by atoms with van der Waals surface area (Å²) in [6.45, 7) is 4.07. The Kier molecular flexibility index (Phi) is 10.7. The zero-order valence-electron chi connectivity index (χ0n) is 15.6. The van der Waals surface area contributed by atoms with E-state index >= 15 is 0 Å². The van der Waals surface area contributed by atoms with Gasteiger partial charge in [0.2, 0.25) is 0 Å². The maximum absolute atomic E-state index is 5.11. The van der Waals surface area contributed by atoms with Crippen LogP contribution in [0.3, 0.4) is 0 Å². The molecular formula is C16H31IN6OS. The molecule has 2 atom stereocenters. The average Bonchev–Trinajstić information content (AvgIpc) is 3.17. The Morgan fingerprint density at radius 1 is 1.40 bits per heavy atom. The van der Waals surface area contributed by atoms with Crippen LogP contribution in [0, 0.1) is 6.92 Å². The summed E-state index contributed by atoms with van der Waals surface area (Å²) in [6, 6.07) is 0.498. The number of ether oxygens (including phenoxy) is 1. The first-order chi connectivity index (χ1) is 11.6. The third-order valence-electron chi connectivity index (χ3n) is 4.44. The van der Waals surface area contributed by atoms with Gasteiger partial charge >= 0.3 is 0 Å². The van der Waals surface area contributed by atoms with Crippen LogP contribution in [0.25, 0.3) is 0 Å². The number of nitrogens with one attached hydrogen (secondary N) is 2. The average molecular weight is 482 g/mol. The number of guanidine groups is 1. The van der Waals surface area contributed by atoms with Crippen molar-refractivity contribution in [3.63, 3.8) is 0 Å². The fourth-order valence-corrected chi connectivity index (χ4v) is 3.59. The lowest BCUT2D eigenvalue weighted by molar-refractivity contribution is 0.195. The normalized spacial score (nSPS) is 20.4. The van der Waals surface area contributed by atoms with Crippen LogP contribution in [0.5, 0.6) is 0 Å². The molecule has 0 bridgehead atoms. The molecule has 0 radical (unpaired) electrons. The molecule has 1 heterocycles. The van der Waals surface area contributed by atoms with Crippen molar-refractivity contribution in [2.75, 3.05) is 26.5 Å². The molecule has 25 heavy (non-hydrogen) atoms. The summed E-state index contributed by atoms with van der Waals surface area (Å²) in [5, 5.41) is 16.0. The largest absolute Gasteiger partial charge is 0.385 e. The summed E-state index contributed by atoms with van der Waals surface area (Å²) >= 11 is 1.96. The first kappa shape index (κ1) is 22.5.